The number of thioether (sulfide) groups is 1. The van der Waals surface area contributed by atoms with Crippen molar-refractivity contribution in [1.82, 2.24) is 4.72 Å². The lowest BCUT2D eigenvalue weighted by Gasteiger charge is -2.21. The van der Waals surface area contributed by atoms with Crippen LogP contribution in [0, 0.1) is 0 Å². The molecule has 4 nitrogen and oxygen atoms in total. The molecule has 0 bridgehead atoms. The Kier molecular flexibility index (Phi) is 4.53. The van der Waals surface area contributed by atoms with Gasteiger partial charge in [0.25, 0.3) is 0 Å². The van der Waals surface area contributed by atoms with Crippen LogP contribution in [-0.4, -0.2) is 31.1 Å². The molecule has 2 N–H and O–H groups in total. The molecular formula is C12H17NO3S2. The van der Waals surface area contributed by atoms with Gasteiger partial charge in [0.1, 0.15) is 5.75 Å². The highest BCUT2D eigenvalue weighted by Gasteiger charge is 2.19. The second kappa shape index (κ2) is 5.95. The molecule has 1 aliphatic rings. The van der Waals surface area contributed by atoms with Gasteiger partial charge in [0.2, 0.25) is 10.0 Å². The van der Waals surface area contributed by atoms with E-state index < -0.39 is 10.0 Å². The van der Waals surface area contributed by atoms with Crippen molar-refractivity contribution in [3.63, 3.8) is 0 Å². The molecule has 1 atom stereocenters. The Hall–Kier alpha value is -0.720. The van der Waals surface area contributed by atoms with Gasteiger partial charge in [-0.3, -0.25) is 0 Å². The van der Waals surface area contributed by atoms with Crippen LogP contribution in [-0.2, 0) is 10.0 Å². The van der Waals surface area contributed by atoms with Gasteiger partial charge in [0, 0.05) is 11.8 Å². The SMILES string of the molecule is O=S(=O)(NCC1CCCCS1)c1cccc(O)c1. The summed E-state index contributed by atoms with van der Waals surface area (Å²) in [5.74, 6) is 1.07. The Morgan fingerprint density at radius 3 is 2.89 bits per heavy atom. The highest BCUT2D eigenvalue weighted by atomic mass is 32.2. The number of phenols is 1. The van der Waals surface area contributed by atoms with Crippen molar-refractivity contribution in [2.75, 3.05) is 12.3 Å². The maximum atomic E-state index is 12.0. The minimum absolute atomic E-state index is 0.0371. The first-order valence-corrected chi connectivity index (χ1v) is 8.51. The number of aromatic hydroxyl groups is 1. The van der Waals surface area contributed by atoms with Crippen molar-refractivity contribution in [2.24, 2.45) is 0 Å². The van der Waals surface area contributed by atoms with Gasteiger partial charge in [-0.25, -0.2) is 13.1 Å². The van der Waals surface area contributed by atoms with Crippen LogP contribution in [0.3, 0.4) is 0 Å². The van der Waals surface area contributed by atoms with E-state index in [-0.39, 0.29) is 10.6 Å². The Morgan fingerprint density at radius 2 is 2.22 bits per heavy atom. The highest BCUT2D eigenvalue weighted by Crippen LogP contribution is 2.25. The predicted molar refractivity (Wildman–Crippen MR) is 73.4 cm³/mol. The van der Waals surface area contributed by atoms with Gasteiger partial charge in [0.05, 0.1) is 4.90 Å². The standard InChI is InChI=1S/C12H17NO3S2/c14-10-4-3-6-12(8-10)18(15,16)13-9-11-5-1-2-7-17-11/h3-4,6,8,11,13-14H,1-2,5,7,9H2. The van der Waals surface area contributed by atoms with E-state index in [2.05, 4.69) is 4.72 Å². The van der Waals surface area contributed by atoms with E-state index in [1.54, 1.807) is 0 Å². The second-order valence-corrected chi connectivity index (χ2v) is 7.51. The first-order chi connectivity index (χ1) is 8.58. The van der Waals surface area contributed by atoms with Crippen LogP contribution < -0.4 is 4.72 Å². The van der Waals surface area contributed by atoms with Crippen LogP contribution in [0.5, 0.6) is 5.75 Å². The summed E-state index contributed by atoms with van der Waals surface area (Å²) in [7, 11) is -3.51. The molecule has 6 heteroatoms. The fourth-order valence-corrected chi connectivity index (χ4v) is 4.37. The topological polar surface area (TPSA) is 66.4 Å². The maximum absolute atomic E-state index is 12.0. The Balaban J connectivity index is 1.98. The van der Waals surface area contributed by atoms with Crippen LogP contribution >= 0.6 is 11.8 Å². The summed E-state index contributed by atoms with van der Waals surface area (Å²) in [6.07, 6.45) is 3.46. The number of rotatable bonds is 4. The zero-order chi connectivity index (χ0) is 13.0. The number of phenolic OH excluding ortho intramolecular Hbond substituents is 1. The van der Waals surface area contributed by atoms with Crippen molar-refractivity contribution in [3.05, 3.63) is 24.3 Å². The number of sulfonamides is 1. The molecule has 1 saturated heterocycles. The van der Waals surface area contributed by atoms with Crippen LogP contribution in [0.25, 0.3) is 0 Å². The van der Waals surface area contributed by atoms with Gasteiger partial charge >= 0.3 is 0 Å². The van der Waals surface area contributed by atoms with Crippen molar-refractivity contribution in [1.29, 1.82) is 0 Å². The smallest absolute Gasteiger partial charge is 0.240 e. The van der Waals surface area contributed by atoms with Crippen LogP contribution in [0.15, 0.2) is 29.2 Å². The van der Waals surface area contributed by atoms with E-state index in [0.29, 0.717) is 11.8 Å². The molecule has 0 spiro atoms. The molecule has 0 aromatic heterocycles. The fourth-order valence-electron chi connectivity index (χ4n) is 1.91. The van der Waals surface area contributed by atoms with Gasteiger partial charge in [-0.1, -0.05) is 12.5 Å². The monoisotopic (exact) mass is 287 g/mol. The van der Waals surface area contributed by atoms with Gasteiger partial charge < -0.3 is 5.11 Å². The third-order valence-corrected chi connectivity index (χ3v) is 5.72. The van der Waals surface area contributed by atoms with Gasteiger partial charge in [-0.15, -0.1) is 0 Å². The van der Waals surface area contributed by atoms with E-state index in [9.17, 15) is 13.5 Å². The zero-order valence-corrected chi connectivity index (χ0v) is 11.6. The first-order valence-electron chi connectivity index (χ1n) is 5.98. The Morgan fingerprint density at radius 1 is 1.39 bits per heavy atom. The molecule has 0 amide bonds. The molecule has 0 radical (unpaired) electrons. The summed E-state index contributed by atoms with van der Waals surface area (Å²) in [5.41, 5.74) is 0. The predicted octanol–water partition coefficient (Wildman–Crippen LogP) is 1.96. The van der Waals surface area contributed by atoms with Crippen LogP contribution in [0.2, 0.25) is 0 Å². The summed E-state index contributed by atoms with van der Waals surface area (Å²) in [6.45, 7) is 0.461. The number of hydrogen-bond acceptors (Lipinski definition) is 4. The third kappa shape index (κ3) is 3.63. The summed E-state index contributed by atoms with van der Waals surface area (Å²) in [5, 5.41) is 9.66. The average Bonchev–Trinajstić information content (AvgIpc) is 2.38. The second-order valence-electron chi connectivity index (χ2n) is 4.34. The largest absolute Gasteiger partial charge is 0.508 e. The maximum Gasteiger partial charge on any atom is 0.240 e. The average molecular weight is 287 g/mol. The minimum atomic E-state index is -3.51. The van der Waals surface area contributed by atoms with E-state index in [4.69, 9.17) is 0 Å². The molecule has 1 aromatic carbocycles. The molecule has 1 heterocycles. The lowest BCUT2D eigenvalue weighted by molar-refractivity contribution is 0.473. The van der Waals surface area contributed by atoms with E-state index >= 15 is 0 Å². The highest BCUT2D eigenvalue weighted by molar-refractivity contribution is 8.00. The molecule has 0 aliphatic carbocycles. The molecule has 0 saturated carbocycles. The lowest BCUT2D eigenvalue weighted by Crippen LogP contribution is -2.31. The first kappa shape index (κ1) is 13.7. The van der Waals surface area contributed by atoms with Crippen molar-refractivity contribution in [2.45, 2.75) is 29.4 Å². The molecule has 1 aromatic rings. The summed E-state index contributed by atoms with van der Waals surface area (Å²) in [6, 6.07) is 5.72. The van der Waals surface area contributed by atoms with E-state index in [1.165, 1.54) is 37.1 Å². The molecule has 1 fully saturated rings. The van der Waals surface area contributed by atoms with E-state index in [1.807, 2.05) is 11.8 Å². The van der Waals surface area contributed by atoms with Gasteiger partial charge in [0.15, 0.2) is 0 Å². The number of nitrogens with one attached hydrogen (secondary N) is 1. The normalized spacial score (nSPS) is 20.8. The molecule has 1 unspecified atom stereocenters. The van der Waals surface area contributed by atoms with Crippen molar-refractivity contribution in [3.8, 4) is 5.75 Å². The Labute approximate surface area is 112 Å². The van der Waals surface area contributed by atoms with Crippen molar-refractivity contribution >= 4 is 21.8 Å². The third-order valence-electron chi connectivity index (χ3n) is 2.90. The summed E-state index contributed by atoms with van der Waals surface area (Å²) in [4.78, 5) is 0.114. The number of benzene rings is 1. The zero-order valence-electron chi connectivity index (χ0n) is 10.0. The molecule has 2 rings (SSSR count). The fraction of sp³-hybridized carbons (Fsp3) is 0.500. The van der Waals surface area contributed by atoms with Crippen molar-refractivity contribution < 1.29 is 13.5 Å². The quantitative estimate of drug-likeness (QED) is 0.888. The molecular weight excluding hydrogens is 270 g/mol. The summed E-state index contributed by atoms with van der Waals surface area (Å²) < 4.78 is 26.6. The lowest BCUT2D eigenvalue weighted by atomic mass is 10.2. The molecule has 1 aliphatic heterocycles. The number of hydrogen-bond donors (Lipinski definition) is 2. The Bertz CT molecular complexity index is 496. The minimum Gasteiger partial charge on any atom is -0.508 e. The van der Waals surface area contributed by atoms with Crippen LogP contribution in [0.4, 0.5) is 0 Å². The molecule has 18 heavy (non-hydrogen) atoms. The van der Waals surface area contributed by atoms with Gasteiger partial charge in [-0.2, -0.15) is 11.8 Å². The van der Waals surface area contributed by atoms with Gasteiger partial charge in [-0.05, 0) is 36.8 Å². The molecule has 100 valence electrons. The van der Waals surface area contributed by atoms with E-state index in [0.717, 1.165) is 12.2 Å². The summed E-state index contributed by atoms with van der Waals surface area (Å²) >= 11 is 1.83. The van der Waals surface area contributed by atoms with Crippen LogP contribution in [0.1, 0.15) is 19.3 Å².